The summed E-state index contributed by atoms with van der Waals surface area (Å²) in [5.41, 5.74) is 1.72. The first-order valence-corrected chi connectivity index (χ1v) is 9.51. The maximum atomic E-state index is 12.8. The summed E-state index contributed by atoms with van der Waals surface area (Å²) in [6, 6.07) is 5.26. The van der Waals surface area contributed by atoms with Gasteiger partial charge < -0.3 is 10.6 Å². The van der Waals surface area contributed by atoms with Gasteiger partial charge in [0.25, 0.3) is 0 Å². The average molecular weight is 397 g/mol. The van der Waals surface area contributed by atoms with Crippen molar-refractivity contribution in [1.82, 2.24) is 20.4 Å². The van der Waals surface area contributed by atoms with Gasteiger partial charge in [0.1, 0.15) is 6.04 Å². The van der Waals surface area contributed by atoms with Crippen LogP contribution in [-0.4, -0.2) is 29.3 Å². The molecule has 0 bridgehead atoms. The van der Waals surface area contributed by atoms with E-state index in [1.165, 1.54) is 0 Å². The molecular formula is C19H26Cl2N4O. The van der Waals surface area contributed by atoms with Gasteiger partial charge in [-0.15, -0.1) is 0 Å². The lowest BCUT2D eigenvalue weighted by molar-refractivity contribution is -0.123. The highest BCUT2D eigenvalue weighted by Gasteiger charge is 2.31. The van der Waals surface area contributed by atoms with Gasteiger partial charge in [-0.05, 0) is 37.6 Å². The number of rotatable bonds is 8. The van der Waals surface area contributed by atoms with Gasteiger partial charge in [0.2, 0.25) is 5.91 Å². The zero-order chi connectivity index (χ0) is 19.3. The average Bonchev–Trinajstić information content (AvgIpc) is 3.05. The summed E-state index contributed by atoms with van der Waals surface area (Å²) in [5, 5.41) is 11.4. The number of aromatic nitrogens is 2. The van der Waals surface area contributed by atoms with Crippen molar-refractivity contribution in [3.63, 3.8) is 0 Å². The normalized spacial score (nSPS) is 12.8. The molecule has 7 heteroatoms. The quantitative estimate of drug-likeness (QED) is 0.711. The van der Waals surface area contributed by atoms with Gasteiger partial charge >= 0.3 is 0 Å². The Kier molecular flexibility index (Phi) is 7.09. The lowest BCUT2D eigenvalue weighted by Gasteiger charge is -2.33. The van der Waals surface area contributed by atoms with Crippen LogP contribution in [0.15, 0.2) is 30.6 Å². The molecule has 0 aliphatic carbocycles. The van der Waals surface area contributed by atoms with Crippen molar-refractivity contribution >= 4 is 29.1 Å². The molecule has 1 amide bonds. The van der Waals surface area contributed by atoms with Gasteiger partial charge in [-0.2, -0.15) is 5.10 Å². The van der Waals surface area contributed by atoms with Crippen LogP contribution < -0.4 is 10.6 Å². The fourth-order valence-corrected chi connectivity index (χ4v) is 3.53. The van der Waals surface area contributed by atoms with E-state index in [2.05, 4.69) is 29.6 Å². The molecular weight excluding hydrogens is 371 g/mol. The summed E-state index contributed by atoms with van der Waals surface area (Å²) in [4.78, 5) is 12.8. The summed E-state index contributed by atoms with van der Waals surface area (Å²) < 4.78 is 1.69. The molecule has 5 nitrogen and oxygen atoms in total. The van der Waals surface area contributed by atoms with Crippen LogP contribution in [0.1, 0.15) is 43.9 Å². The van der Waals surface area contributed by atoms with Crippen molar-refractivity contribution in [1.29, 1.82) is 0 Å². The van der Waals surface area contributed by atoms with Gasteiger partial charge in [-0.1, -0.05) is 43.1 Å². The predicted molar refractivity (Wildman–Crippen MR) is 107 cm³/mol. The van der Waals surface area contributed by atoms with E-state index in [4.69, 9.17) is 23.2 Å². The molecule has 0 spiro atoms. The highest BCUT2D eigenvalue weighted by atomic mass is 35.5. The Bertz CT molecular complexity index is 756. The molecule has 0 fully saturated rings. The van der Waals surface area contributed by atoms with E-state index in [0.717, 1.165) is 24.0 Å². The van der Waals surface area contributed by atoms with Crippen molar-refractivity contribution in [2.45, 2.75) is 38.1 Å². The van der Waals surface area contributed by atoms with Crippen LogP contribution in [0.5, 0.6) is 0 Å². The van der Waals surface area contributed by atoms with E-state index >= 15 is 0 Å². The molecule has 2 rings (SSSR count). The van der Waals surface area contributed by atoms with Crippen LogP contribution in [0.3, 0.4) is 0 Å². The number of halogens is 2. The second-order valence-corrected chi connectivity index (χ2v) is 7.32. The van der Waals surface area contributed by atoms with E-state index in [-0.39, 0.29) is 11.3 Å². The lowest BCUT2D eigenvalue weighted by Crippen LogP contribution is -2.44. The van der Waals surface area contributed by atoms with Crippen molar-refractivity contribution in [3.05, 3.63) is 51.8 Å². The Morgan fingerprint density at radius 1 is 1.27 bits per heavy atom. The summed E-state index contributed by atoms with van der Waals surface area (Å²) in [6.07, 6.45) is 5.29. The zero-order valence-electron chi connectivity index (χ0n) is 15.6. The van der Waals surface area contributed by atoms with Crippen LogP contribution in [0.25, 0.3) is 0 Å². The fourth-order valence-electron chi connectivity index (χ4n) is 3.23. The van der Waals surface area contributed by atoms with Crippen LogP contribution in [0.4, 0.5) is 0 Å². The van der Waals surface area contributed by atoms with Gasteiger partial charge in [0, 0.05) is 30.8 Å². The molecule has 0 saturated heterocycles. The first kappa shape index (κ1) is 20.7. The maximum Gasteiger partial charge on any atom is 0.241 e. The van der Waals surface area contributed by atoms with E-state index < -0.39 is 6.04 Å². The van der Waals surface area contributed by atoms with E-state index in [9.17, 15) is 4.79 Å². The van der Waals surface area contributed by atoms with Crippen LogP contribution in [0, 0.1) is 0 Å². The first-order chi connectivity index (χ1) is 12.4. The number of nitrogens with zero attached hydrogens (tertiary/aromatic N) is 2. The number of amides is 1. The van der Waals surface area contributed by atoms with E-state index in [1.54, 1.807) is 17.9 Å². The lowest BCUT2D eigenvalue weighted by atomic mass is 9.75. The minimum atomic E-state index is -0.441. The number of likely N-dealkylation sites (N-methyl/N-ethyl adjacent to an activating group) is 1. The summed E-state index contributed by atoms with van der Waals surface area (Å²) in [6.45, 7) is 4.76. The van der Waals surface area contributed by atoms with Crippen molar-refractivity contribution in [3.8, 4) is 0 Å². The molecule has 2 N–H and O–H groups in total. The highest BCUT2D eigenvalue weighted by Crippen LogP contribution is 2.35. The summed E-state index contributed by atoms with van der Waals surface area (Å²) in [5.74, 6) is -0.0770. The van der Waals surface area contributed by atoms with Crippen LogP contribution in [-0.2, 0) is 17.3 Å². The minimum absolute atomic E-state index is 0.0770. The van der Waals surface area contributed by atoms with Crippen LogP contribution in [0.2, 0.25) is 10.0 Å². The first-order valence-electron chi connectivity index (χ1n) is 8.76. The molecule has 1 unspecified atom stereocenters. The van der Waals surface area contributed by atoms with Crippen molar-refractivity contribution in [2.24, 2.45) is 7.05 Å². The SMILES string of the molecule is CCC(CC)(CNC(=O)C(NC)c1cnn(C)c1)c1ccc(Cl)c(Cl)c1. The molecule has 0 radical (unpaired) electrons. The Labute approximate surface area is 165 Å². The molecule has 26 heavy (non-hydrogen) atoms. The number of carbonyl (C=O) groups is 1. The Balaban J connectivity index is 2.19. The minimum Gasteiger partial charge on any atom is -0.354 e. The smallest absolute Gasteiger partial charge is 0.241 e. The molecule has 0 saturated carbocycles. The van der Waals surface area contributed by atoms with Gasteiger partial charge in [0.05, 0.1) is 16.2 Å². The third-order valence-electron chi connectivity index (χ3n) is 5.10. The Morgan fingerprint density at radius 3 is 2.46 bits per heavy atom. The zero-order valence-corrected chi connectivity index (χ0v) is 17.2. The van der Waals surface area contributed by atoms with Crippen molar-refractivity contribution < 1.29 is 4.79 Å². The number of hydrogen-bond acceptors (Lipinski definition) is 3. The van der Waals surface area contributed by atoms with Crippen molar-refractivity contribution in [2.75, 3.05) is 13.6 Å². The third kappa shape index (κ3) is 4.40. The fraction of sp³-hybridized carbons (Fsp3) is 0.474. The predicted octanol–water partition coefficient (Wildman–Crippen LogP) is 3.86. The number of hydrogen-bond donors (Lipinski definition) is 2. The number of benzene rings is 1. The van der Waals surface area contributed by atoms with Gasteiger partial charge in [-0.3, -0.25) is 9.48 Å². The van der Waals surface area contributed by atoms with Gasteiger partial charge in [-0.25, -0.2) is 0 Å². The molecule has 0 aliphatic rings. The molecule has 2 aromatic rings. The summed E-state index contributed by atoms with van der Waals surface area (Å²) in [7, 11) is 3.60. The van der Waals surface area contributed by atoms with Crippen LogP contribution >= 0.6 is 23.2 Å². The standard InChI is InChI=1S/C19H26Cl2N4O/c1-5-19(6-2,14-7-8-15(20)16(21)9-14)12-23-18(26)17(22-3)13-10-24-25(4)11-13/h7-11,17,22H,5-6,12H2,1-4H3,(H,23,26). The highest BCUT2D eigenvalue weighted by molar-refractivity contribution is 6.42. The maximum absolute atomic E-state index is 12.8. The second kappa shape index (κ2) is 8.89. The number of aryl methyl sites for hydroxylation is 1. The second-order valence-electron chi connectivity index (χ2n) is 6.50. The molecule has 142 valence electrons. The monoisotopic (exact) mass is 396 g/mol. The Hall–Kier alpha value is -1.56. The number of carbonyl (C=O) groups excluding carboxylic acids is 1. The number of nitrogens with one attached hydrogen (secondary N) is 2. The van der Waals surface area contributed by atoms with Gasteiger partial charge in [0.15, 0.2) is 0 Å². The van der Waals surface area contributed by atoms with E-state index in [1.807, 2.05) is 31.4 Å². The molecule has 1 heterocycles. The molecule has 1 atom stereocenters. The topological polar surface area (TPSA) is 59.0 Å². The molecule has 1 aromatic carbocycles. The summed E-state index contributed by atoms with van der Waals surface area (Å²) >= 11 is 12.3. The largest absolute Gasteiger partial charge is 0.354 e. The third-order valence-corrected chi connectivity index (χ3v) is 5.83. The molecule has 0 aliphatic heterocycles. The van der Waals surface area contributed by atoms with E-state index in [0.29, 0.717) is 16.6 Å². The molecule has 1 aromatic heterocycles. The Morgan fingerprint density at radius 2 is 1.96 bits per heavy atom.